The zero-order valence-electron chi connectivity index (χ0n) is 8.23. The van der Waals surface area contributed by atoms with Crippen molar-refractivity contribution in [3.63, 3.8) is 0 Å². The second-order valence-electron chi connectivity index (χ2n) is 2.91. The highest BCUT2D eigenvalue weighted by Crippen LogP contribution is 2.04. The number of nitrogens with zero attached hydrogens (tertiary/aromatic N) is 1. The summed E-state index contributed by atoms with van der Waals surface area (Å²) in [6, 6.07) is 0. The smallest absolute Gasteiger partial charge is 0.0831 e. The molecular weight excluding hydrogens is 148 g/mol. The van der Waals surface area contributed by atoms with E-state index in [2.05, 4.69) is 11.6 Å². The predicted molar refractivity (Wildman–Crippen MR) is 55.1 cm³/mol. The maximum Gasteiger partial charge on any atom is 0.0831 e. The van der Waals surface area contributed by atoms with Crippen LogP contribution in [0.4, 0.5) is 0 Å². The molecule has 0 aromatic rings. The fraction of sp³-hybridized carbons (Fsp3) is 0.400. The minimum absolute atomic E-state index is 0.450. The topological polar surface area (TPSA) is 36.2 Å². The van der Waals surface area contributed by atoms with Crippen LogP contribution < -0.4 is 0 Å². The third-order valence-electron chi connectivity index (χ3n) is 1.59. The van der Waals surface area contributed by atoms with Crippen molar-refractivity contribution in [2.24, 2.45) is 4.99 Å². The Hall–Kier alpha value is -1.18. The first-order chi connectivity index (χ1) is 5.49. The second kappa shape index (κ2) is 4.65. The van der Waals surface area contributed by atoms with E-state index in [1.165, 1.54) is 0 Å². The van der Waals surface area contributed by atoms with E-state index < -0.39 is 0 Å². The van der Waals surface area contributed by atoms with Gasteiger partial charge in [0, 0.05) is 5.70 Å². The molecule has 0 saturated heterocycles. The van der Waals surface area contributed by atoms with Gasteiger partial charge in [-0.2, -0.15) is 0 Å². The van der Waals surface area contributed by atoms with Crippen LogP contribution in [0.2, 0.25) is 0 Å². The molecule has 66 valence electrons. The van der Waals surface area contributed by atoms with E-state index in [0.717, 1.165) is 11.3 Å². The van der Waals surface area contributed by atoms with Gasteiger partial charge in [0.1, 0.15) is 0 Å². The van der Waals surface area contributed by atoms with E-state index in [1.54, 1.807) is 13.0 Å². The lowest BCUT2D eigenvalue weighted by molar-refractivity contribution is 1.19. The van der Waals surface area contributed by atoms with Gasteiger partial charge in [-0.3, -0.25) is 4.99 Å². The van der Waals surface area contributed by atoms with Gasteiger partial charge in [0.25, 0.3) is 0 Å². The number of rotatable bonds is 3. The lowest BCUT2D eigenvalue weighted by Crippen LogP contribution is -2.05. The molecule has 0 rings (SSSR count). The summed E-state index contributed by atoms with van der Waals surface area (Å²) in [7, 11) is 0. The van der Waals surface area contributed by atoms with Crippen LogP contribution in [0.25, 0.3) is 0 Å². The number of allylic oxidation sites excluding steroid dienone is 3. The Morgan fingerprint density at radius 2 is 1.75 bits per heavy atom. The van der Waals surface area contributed by atoms with E-state index in [-0.39, 0.29) is 0 Å². The van der Waals surface area contributed by atoms with E-state index >= 15 is 0 Å². The molecule has 0 aromatic heterocycles. The van der Waals surface area contributed by atoms with Gasteiger partial charge in [0.2, 0.25) is 0 Å². The molecule has 0 fully saturated rings. The van der Waals surface area contributed by atoms with Crippen LogP contribution >= 0.6 is 0 Å². The quantitative estimate of drug-likeness (QED) is 0.622. The molecule has 0 bridgehead atoms. The molecule has 1 N–H and O–H groups in total. The molecule has 0 amide bonds. The lowest BCUT2D eigenvalue weighted by Gasteiger charge is -2.00. The SMILES string of the molecule is C=C/C(=N/C(C)=C(C)C)C(C)=N. The van der Waals surface area contributed by atoms with E-state index in [4.69, 9.17) is 5.41 Å². The Bertz CT molecular complexity index is 253. The van der Waals surface area contributed by atoms with Crippen LogP contribution in [-0.4, -0.2) is 11.4 Å². The zero-order chi connectivity index (χ0) is 9.72. The van der Waals surface area contributed by atoms with Gasteiger partial charge in [0.05, 0.1) is 11.4 Å². The second-order valence-corrected chi connectivity index (χ2v) is 2.91. The van der Waals surface area contributed by atoms with E-state index in [0.29, 0.717) is 11.4 Å². The Morgan fingerprint density at radius 1 is 1.25 bits per heavy atom. The Morgan fingerprint density at radius 3 is 2.00 bits per heavy atom. The van der Waals surface area contributed by atoms with Crippen LogP contribution in [0.1, 0.15) is 27.7 Å². The minimum Gasteiger partial charge on any atom is -0.303 e. The summed E-state index contributed by atoms with van der Waals surface area (Å²) in [4.78, 5) is 4.25. The standard InChI is InChI=1S/C10H16N2/c1-6-10(8(4)11)12-9(5)7(2)3/h6,11H,1H2,2-5H3/b11-8?,12-10-. The number of hydrogen-bond acceptors (Lipinski definition) is 2. The van der Waals surface area contributed by atoms with Crippen molar-refractivity contribution in [3.8, 4) is 0 Å². The van der Waals surface area contributed by atoms with Gasteiger partial charge >= 0.3 is 0 Å². The monoisotopic (exact) mass is 164 g/mol. The molecule has 0 radical (unpaired) electrons. The van der Waals surface area contributed by atoms with Gasteiger partial charge in [-0.05, 0) is 33.8 Å². The molecule has 0 unspecified atom stereocenters. The normalized spacial score (nSPS) is 10.8. The largest absolute Gasteiger partial charge is 0.303 e. The van der Waals surface area contributed by atoms with E-state index in [9.17, 15) is 0 Å². The van der Waals surface area contributed by atoms with Crippen LogP contribution in [0.15, 0.2) is 28.9 Å². The minimum atomic E-state index is 0.450. The summed E-state index contributed by atoms with van der Waals surface area (Å²) in [6.45, 7) is 11.2. The molecule has 0 atom stereocenters. The van der Waals surface area contributed by atoms with Crippen molar-refractivity contribution in [2.75, 3.05) is 0 Å². The summed E-state index contributed by atoms with van der Waals surface area (Å²) in [5.74, 6) is 0. The van der Waals surface area contributed by atoms with E-state index in [1.807, 2.05) is 20.8 Å². The Kier molecular flexibility index (Phi) is 4.19. The molecule has 0 heterocycles. The fourth-order valence-corrected chi connectivity index (χ4v) is 0.575. The van der Waals surface area contributed by atoms with Crippen LogP contribution in [0, 0.1) is 5.41 Å². The first-order valence-electron chi connectivity index (χ1n) is 3.89. The van der Waals surface area contributed by atoms with Crippen LogP contribution in [0.3, 0.4) is 0 Å². The van der Waals surface area contributed by atoms with Gasteiger partial charge in [0.15, 0.2) is 0 Å². The molecule has 0 aliphatic rings. The molecule has 0 aromatic carbocycles. The van der Waals surface area contributed by atoms with Crippen molar-refractivity contribution in [1.82, 2.24) is 0 Å². The first-order valence-corrected chi connectivity index (χ1v) is 3.89. The van der Waals surface area contributed by atoms with Crippen molar-refractivity contribution in [1.29, 1.82) is 5.41 Å². The Balaban J connectivity index is 4.86. The van der Waals surface area contributed by atoms with Gasteiger partial charge in [-0.15, -0.1) is 0 Å². The summed E-state index contributed by atoms with van der Waals surface area (Å²) < 4.78 is 0. The van der Waals surface area contributed by atoms with Gasteiger partial charge in [-0.25, -0.2) is 0 Å². The third kappa shape index (κ3) is 3.28. The highest BCUT2D eigenvalue weighted by atomic mass is 14.8. The average molecular weight is 164 g/mol. The highest BCUT2D eigenvalue weighted by molar-refractivity contribution is 6.44. The molecule has 0 aliphatic heterocycles. The van der Waals surface area contributed by atoms with Crippen molar-refractivity contribution in [3.05, 3.63) is 23.9 Å². The summed E-state index contributed by atoms with van der Waals surface area (Å²) >= 11 is 0. The molecule has 0 aliphatic carbocycles. The third-order valence-corrected chi connectivity index (χ3v) is 1.59. The lowest BCUT2D eigenvalue weighted by atomic mass is 10.2. The Labute approximate surface area is 74.2 Å². The van der Waals surface area contributed by atoms with Crippen molar-refractivity contribution >= 4 is 11.4 Å². The summed E-state index contributed by atoms with van der Waals surface area (Å²) in [5, 5.41) is 7.36. The number of nitrogens with one attached hydrogen (secondary N) is 1. The predicted octanol–water partition coefficient (Wildman–Crippen LogP) is 2.97. The average Bonchev–Trinajstić information content (AvgIpc) is 1.98. The highest BCUT2D eigenvalue weighted by Gasteiger charge is 1.96. The molecule has 0 spiro atoms. The first kappa shape index (κ1) is 10.8. The zero-order valence-corrected chi connectivity index (χ0v) is 8.23. The summed E-state index contributed by atoms with van der Waals surface area (Å²) in [5.41, 5.74) is 3.21. The number of hydrogen-bond donors (Lipinski definition) is 1. The van der Waals surface area contributed by atoms with Crippen LogP contribution in [0.5, 0.6) is 0 Å². The maximum atomic E-state index is 7.36. The molecule has 12 heavy (non-hydrogen) atoms. The van der Waals surface area contributed by atoms with Crippen molar-refractivity contribution < 1.29 is 0 Å². The van der Waals surface area contributed by atoms with Crippen molar-refractivity contribution in [2.45, 2.75) is 27.7 Å². The molecule has 2 heteroatoms. The molecule has 2 nitrogen and oxygen atoms in total. The number of aliphatic imine (C=N–C) groups is 1. The van der Waals surface area contributed by atoms with Gasteiger partial charge in [-0.1, -0.05) is 12.2 Å². The fourth-order valence-electron chi connectivity index (χ4n) is 0.575. The maximum absolute atomic E-state index is 7.36. The molecular formula is C10H16N2. The van der Waals surface area contributed by atoms with Crippen LogP contribution in [-0.2, 0) is 0 Å². The summed E-state index contributed by atoms with van der Waals surface area (Å²) in [6.07, 6.45) is 1.61. The molecule has 0 saturated carbocycles. The van der Waals surface area contributed by atoms with Gasteiger partial charge < -0.3 is 5.41 Å².